The number of hydrogen-bond donors (Lipinski definition) is 2. The van der Waals surface area contributed by atoms with Crippen LogP contribution in [0.1, 0.15) is 37.4 Å². The van der Waals surface area contributed by atoms with E-state index < -0.39 is 15.4 Å². The van der Waals surface area contributed by atoms with E-state index in [2.05, 4.69) is 14.9 Å². The van der Waals surface area contributed by atoms with Crippen molar-refractivity contribution in [1.29, 1.82) is 0 Å². The molecule has 2 aliphatic heterocycles. The fourth-order valence-electron chi connectivity index (χ4n) is 4.34. The highest BCUT2D eigenvalue weighted by Gasteiger charge is 2.33. The molecule has 0 radical (unpaired) electrons. The number of fused-ring (bicyclic) bond motifs is 1. The van der Waals surface area contributed by atoms with Gasteiger partial charge in [-0.1, -0.05) is 44.2 Å². The molecule has 2 aromatic carbocycles. The third-order valence-electron chi connectivity index (χ3n) is 6.04. The summed E-state index contributed by atoms with van der Waals surface area (Å²) < 4.78 is 34.6. The largest absolute Gasteiger partial charge is 0.379 e. The highest BCUT2D eigenvalue weighted by atomic mass is 32.2. The molecule has 2 N–H and O–H groups in total. The number of morpholine rings is 1. The average Bonchev–Trinajstić information content (AvgIpc) is 2.74. The summed E-state index contributed by atoms with van der Waals surface area (Å²) in [6.07, 6.45) is 0.323. The first-order valence-electron chi connectivity index (χ1n) is 10.6. The van der Waals surface area contributed by atoms with Crippen LogP contribution >= 0.6 is 0 Å². The topological polar surface area (TPSA) is 87.7 Å². The van der Waals surface area contributed by atoms with E-state index in [1.54, 1.807) is 18.2 Å². The molecule has 8 heteroatoms. The molecule has 31 heavy (non-hydrogen) atoms. The normalized spacial score (nSPS) is 20.0. The molecular weight excluding hydrogens is 414 g/mol. The van der Waals surface area contributed by atoms with Crippen LogP contribution in [0.2, 0.25) is 0 Å². The lowest BCUT2D eigenvalue weighted by Gasteiger charge is -2.35. The minimum atomic E-state index is -3.72. The van der Waals surface area contributed by atoms with Gasteiger partial charge in [-0.3, -0.25) is 9.69 Å². The number of amides is 1. The van der Waals surface area contributed by atoms with Crippen molar-refractivity contribution in [3.63, 3.8) is 0 Å². The van der Waals surface area contributed by atoms with E-state index in [4.69, 9.17) is 4.74 Å². The lowest BCUT2D eigenvalue weighted by atomic mass is 9.78. The number of hydrogen-bond acceptors (Lipinski definition) is 5. The minimum absolute atomic E-state index is 0.0533. The molecule has 0 aromatic heterocycles. The number of benzene rings is 2. The summed E-state index contributed by atoms with van der Waals surface area (Å²) in [5.41, 5.74) is 2.16. The van der Waals surface area contributed by atoms with Crippen LogP contribution in [0.3, 0.4) is 0 Å². The third-order valence-corrected chi connectivity index (χ3v) is 7.47. The Bertz CT molecular complexity index is 1050. The Hall–Kier alpha value is -2.26. The molecule has 0 bridgehead atoms. The van der Waals surface area contributed by atoms with Gasteiger partial charge in [-0.2, -0.15) is 0 Å². The Morgan fingerprint density at radius 2 is 1.84 bits per heavy atom. The molecule has 1 unspecified atom stereocenters. The Kier molecular flexibility index (Phi) is 6.16. The first-order chi connectivity index (χ1) is 14.8. The zero-order chi connectivity index (χ0) is 22.1. The van der Waals surface area contributed by atoms with E-state index in [0.717, 1.165) is 24.2 Å². The maximum absolute atomic E-state index is 13.2. The predicted octanol–water partition coefficient (Wildman–Crippen LogP) is 2.66. The van der Waals surface area contributed by atoms with Crippen molar-refractivity contribution in [2.45, 2.75) is 36.6 Å². The molecule has 1 fully saturated rings. The number of rotatable bonds is 6. The van der Waals surface area contributed by atoms with Crippen molar-refractivity contribution in [3.05, 3.63) is 59.7 Å². The number of nitrogens with one attached hydrogen (secondary N) is 2. The highest BCUT2D eigenvalue weighted by molar-refractivity contribution is 7.89. The maximum atomic E-state index is 13.2. The lowest BCUT2D eigenvalue weighted by molar-refractivity contribution is -0.117. The molecule has 2 aliphatic rings. The molecule has 166 valence electrons. The first kappa shape index (κ1) is 22.0. The van der Waals surface area contributed by atoms with E-state index in [1.165, 1.54) is 0 Å². The van der Waals surface area contributed by atoms with Gasteiger partial charge >= 0.3 is 0 Å². The van der Waals surface area contributed by atoms with E-state index in [0.29, 0.717) is 25.3 Å². The first-order valence-corrected chi connectivity index (χ1v) is 12.1. The van der Waals surface area contributed by atoms with Gasteiger partial charge < -0.3 is 10.1 Å². The van der Waals surface area contributed by atoms with Gasteiger partial charge in [-0.05, 0) is 29.3 Å². The highest BCUT2D eigenvalue weighted by Crippen LogP contribution is 2.38. The molecular formula is C23H29N3O4S. The van der Waals surface area contributed by atoms with Crippen LogP contribution in [-0.4, -0.2) is 52.1 Å². The summed E-state index contributed by atoms with van der Waals surface area (Å²) in [6.45, 7) is 6.98. The van der Waals surface area contributed by atoms with Crippen LogP contribution in [-0.2, 0) is 25.0 Å². The second-order valence-corrected chi connectivity index (χ2v) is 10.5. The summed E-state index contributed by atoms with van der Waals surface area (Å²) in [6, 6.07) is 14.8. The summed E-state index contributed by atoms with van der Waals surface area (Å²) >= 11 is 0. The van der Waals surface area contributed by atoms with Crippen molar-refractivity contribution in [1.82, 2.24) is 9.62 Å². The van der Waals surface area contributed by atoms with Crippen LogP contribution in [0.5, 0.6) is 0 Å². The average molecular weight is 444 g/mol. The lowest BCUT2D eigenvalue weighted by Crippen LogP contribution is -2.43. The standard InChI is InChI=1S/C23H29N3O4S/c1-23(2)15-22(27)25-20-9-8-18(14-19(20)23)31(28,29)24-16-21(17-6-4-3-5-7-17)26-10-12-30-13-11-26/h3-9,14,21,24H,10-13,15-16H2,1-2H3,(H,25,27). The molecule has 1 saturated heterocycles. The van der Waals surface area contributed by atoms with E-state index in [1.807, 2.05) is 44.2 Å². The number of nitrogens with zero attached hydrogens (tertiary/aromatic N) is 1. The van der Waals surface area contributed by atoms with Crippen molar-refractivity contribution in [2.24, 2.45) is 0 Å². The number of ether oxygens (including phenoxy) is 1. The number of anilines is 1. The zero-order valence-corrected chi connectivity index (χ0v) is 18.7. The van der Waals surface area contributed by atoms with Gasteiger partial charge in [0.15, 0.2) is 0 Å². The Labute approximate surface area is 183 Å². The quantitative estimate of drug-likeness (QED) is 0.717. The Morgan fingerprint density at radius 1 is 1.13 bits per heavy atom. The summed E-state index contributed by atoms with van der Waals surface area (Å²) in [5.74, 6) is -0.0533. The molecule has 0 spiro atoms. The Balaban J connectivity index is 1.57. The van der Waals surface area contributed by atoms with Crippen molar-refractivity contribution in [2.75, 3.05) is 38.2 Å². The van der Waals surface area contributed by atoms with Crippen molar-refractivity contribution >= 4 is 21.6 Å². The summed E-state index contributed by atoms with van der Waals surface area (Å²) in [7, 11) is -3.72. The fourth-order valence-corrected chi connectivity index (χ4v) is 5.41. The zero-order valence-electron chi connectivity index (χ0n) is 17.9. The van der Waals surface area contributed by atoms with Crippen LogP contribution in [0, 0.1) is 0 Å². The van der Waals surface area contributed by atoms with Gasteiger partial charge in [0.2, 0.25) is 15.9 Å². The van der Waals surface area contributed by atoms with Gasteiger partial charge in [-0.15, -0.1) is 0 Å². The van der Waals surface area contributed by atoms with Crippen LogP contribution in [0.4, 0.5) is 5.69 Å². The second-order valence-electron chi connectivity index (χ2n) is 8.74. The number of carbonyl (C=O) groups excluding carboxylic acids is 1. The molecule has 0 saturated carbocycles. The van der Waals surface area contributed by atoms with Crippen LogP contribution in [0.25, 0.3) is 0 Å². The maximum Gasteiger partial charge on any atom is 0.240 e. The van der Waals surface area contributed by atoms with Gasteiger partial charge in [0.25, 0.3) is 0 Å². The molecule has 4 rings (SSSR count). The van der Waals surface area contributed by atoms with Gasteiger partial charge in [0.05, 0.1) is 18.1 Å². The Morgan fingerprint density at radius 3 is 2.55 bits per heavy atom. The second kappa shape index (κ2) is 8.70. The summed E-state index contributed by atoms with van der Waals surface area (Å²) in [5, 5.41) is 2.84. The van der Waals surface area contributed by atoms with E-state index in [9.17, 15) is 13.2 Å². The van der Waals surface area contributed by atoms with Gasteiger partial charge in [0, 0.05) is 43.2 Å². The molecule has 2 aromatic rings. The third kappa shape index (κ3) is 4.82. The van der Waals surface area contributed by atoms with E-state index >= 15 is 0 Å². The van der Waals surface area contributed by atoms with Crippen molar-refractivity contribution < 1.29 is 17.9 Å². The summed E-state index contributed by atoms with van der Waals surface area (Å²) in [4.78, 5) is 14.4. The van der Waals surface area contributed by atoms with Crippen LogP contribution in [0.15, 0.2) is 53.4 Å². The number of carbonyl (C=O) groups is 1. The predicted molar refractivity (Wildman–Crippen MR) is 119 cm³/mol. The molecule has 1 atom stereocenters. The molecule has 2 heterocycles. The van der Waals surface area contributed by atoms with Crippen molar-refractivity contribution in [3.8, 4) is 0 Å². The number of sulfonamides is 1. The molecule has 1 amide bonds. The van der Waals surface area contributed by atoms with Gasteiger partial charge in [-0.25, -0.2) is 13.1 Å². The van der Waals surface area contributed by atoms with Crippen LogP contribution < -0.4 is 10.0 Å². The molecule has 0 aliphatic carbocycles. The van der Waals surface area contributed by atoms with Gasteiger partial charge in [0.1, 0.15) is 0 Å². The van der Waals surface area contributed by atoms with E-state index in [-0.39, 0.29) is 23.4 Å². The monoisotopic (exact) mass is 443 g/mol. The minimum Gasteiger partial charge on any atom is -0.379 e. The fraction of sp³-hybridized carbons (Fsp3) is 0.435. The smallest absolute Gasteiger partial charge is 0.240 e. The molecule has 7 nitrogen and oxygen atoms in total. The SMILES string of the molecule is CC1(C)CC(=O)Nc2ccc(S(=O)(=O)NCC(c3ccccc3)N3CCOCC3)cc21.